The van der Waals surface area contributed by atoms with Gasteiger partial charge in [-0.1, -0.05) is 18.2 Å². The lowest BCUT2D eigenvalue weighted by Crippen LogP contribution is -2.42. The van der Waals surface area contributed by atoms with Crippen LogP contribution in [-0.2, 0) is 11.2 Å². The Hall–Kier alpha value is -2.14. The lowest BCUT2D eigenvalue weighted by Gasteiger charge is -2.06. The summed E-state index contributed by atoms with van der Waals surface area (Å²) < 4.78 is 0. The Morgan fingerprint density at radius 3 is 2.50 bits per heavy atom. The van der Waals surface area contributed by atoms with Crippen molar-refractivity contribution in [3.8, 4) is 0 Å². The minimum absolute atomic E-state index is 0.238. The van der Waals surface area contributed by atoms with E-state index >= 15 is 0 Å². The summed E-state index contributed by atoms with van der Waals surface area (Å²) >= 11 is 1.54. The molecule has 1 aromatic heterocycles. The number of hydrogen-bond acceptors (Lipinski definition) is 3. The van der Waals surface area contributed by atoms with E-state index in [1.165, 1.54) is 11.3 Å². The van der Waals surface area contributed by atoms with Crippen LogP contribution in [0.2, 0.25) is 0 Å². The van der Waals surface area contributed by atoms with Gasteiger partial charge in [-0.2, -0.15) is 11.3 Å². The zero-order valence-electron chi connectivity index (χ0n) is 9.55. The fourth-order valence-electron chi connectivity index (χ4n) is 1.41. The molecular formula is C13H12N2O2S. The molecule has 0 atom stereocenters. The monoisotopic (exact) mass is 260 g/mol. The Morgan fingerprint density at radius 2 is 1.83 bits per heavy atom. The van der Waals surface area contributed by atoms with Crippen LogP contribution in [0.4, 0.5) is 0 Å². The van der Waals surface area contributed by atoms with Gasteiger partial charge < -0.3 is 0 Å². The zero-order valence-corrected chi connectivity index (χ0v) is 10.4. The van der Waals surface area contributed by atoms with E-state index in [1.807, 2.05) is 22.9 Å². The Kier molecular flexibility index (Phi) is 4.09. The van der Waals surface area contributed by atoms with E-state index in [2.05, 4.69) is 10.9 Å². The Bertz CT molecular complexity index is 523. The summed E-state index contributed by atoms with van der Waals surface area (Å²) in [4.78, 5) is 23.2. The van der Waals surface area contributed by atoms with E-state index in [0.29, 0.717) is 5.56 Å². The highest BCUT2D eigenvalue weighted by atomic mass is 32.1. The SMILES string of the molecule is O=C(Cc1ccsc1)NNC(=O)c1ccccc1. The van der Waals surface area contributed by atoms with E-state index in [4.69, 9.17) is 0 Å². The number of hydrazine groups is 1. The predicted molar refractivity (Wildman–Crippen MR) is 70.1 cm³/mol. The van der Waals surface area contributed by atoms with Crippen LogP contribution in [0.5, 0.6) is 0 Å². The lowest BCUT2D eigenvalue weighted by atomic mass is 10.2. The van der Waals surface area contributed by atoms with Gasteiger partial charge in [-0.3, -0.25) is 20.4 Å². The van der Waals surface area contributed by atoms with Gasteiger partial charge in [0.25, 0.3) is 5.91 Å². The number of thiophene rings is 1. The molecule has 0 radical (unpaired) electrons. The van der Waals surface area contributed by atoms with Crippen LogP contribution in [0.3, 0.4) is 0 Å². The van der Waals surface area contributed by atoms with Crippen LogP contribution in [0.25, 0.3) is 0 Å². The van der Waals surface area contributed by atoms with E-state index in [1.54, 1.807) is 24.3 Å². The minimum atomic E-state index is -0.325. The van der Waals surface area contributed by atoms with E-state index in [0.717, 1.165) is 5.56 Å². The van der Waals surface area contributed by atoms with Crippen molar-refractivity contribution in [1.29, 1.82) is 0 Å². The molecule has 2 N–H and O–H groups in total. The third kappa shape index (κ3) is 3.43. The first kappa shape index (κ1) is 12.3. The molecule has 4 nitrogen and oxygen atoms in total. The highest BCUT2D eigenvalue weighted by molar-refractivity contribution is 7.07. The van der Waals surface area contributed by atoms with Gasteiger partial charge in [-0.05, 0) is 34.5 Å². The number of carbonyl (C=O) groups excluding carboxylic acids is 2. The van der Waals surface area contributed by atoms with Gasteiger partial charge in [0, 0.05) is 5.56 Å². The quantitative estimate of drug-likeness (QED) is 0.826. The second-order valence-corrected chi connectivity index (χ2v) is 4.46. The summed E-state index contributed by atoms with van der Waals surface area (Å²) in [5.41, 5.74) is 6.21. The van der Waals surface area contributed by atoms with Crippen LogP contribution in [0.15, 0.2) is 47.2 Å². The standard InChI is InChI=1S/C13H12N2O2S/c16-12(8-10-6-7-18-9-10)14-15-13(17)11-4-2-1-3-5-11/h1-7,9H,8H2,(H,14,16)(H,15,17). The van der Waals surface area contributed by atoms with Crippen LogP contribution < -0.4 is 10.9 Å². The van der Waals surface area contributed by atoms with Crippen LogP contribution in [0, 0.1) is 0 Å². The van der Waals surface area contributed by atoms with E-state index in [9.17, 15) is 9.59 Å². The third-order valence-electron chi connectivity index (χ3n) is 2.30. The normalized spacial score (nSPS) is 9.78. The molecular weight excluding hydrogens is 248 g/mol. The van der Waals surface area contributed by atoms with Gasteiger partial charge >= 0.3 is 0 Å². The predicted octanol–water partition coefficient (Wildman–Crippen LogP) is 1.75. The van der Waals surface area contributed by atoms with Crippen molar-refractivity contribution in [3.05, 3.63) is 58.3 Å². The molecule has 0 spiro atoms. The van der Waals surface area contributed by atoms with Crippen LogP contribution in [-0.4, -0.2) is 11.8 Å². The highest BCUT2D eigenvalue weighted by Gasteiger charge is 2.07. The van der Waals surface area contributed by atoms with Crippen molar-refractivity contribution >= 4 is 23.2 Å². The molecule has 2 aromatic rings. The number of benzene rings is 1. The van der Waals surface area contributed by atoms with Crippen molar-refractivity contribution in [1.82, 2.24) is 10.9 Å². The first-order chi connectivity index (χ1) is 8.75. The fraction of sp³-hybridized carbons (Fsp3) is 0.0769. The molecule has 0 saturated heterocycles. The van der Waals surface area contributed by atoms with Gasteiger partial charge in [0.15, 0.2) is 0 Å². The lowest BCUT2D eigenvalue weighted by molar-refractivity contribution is -0.121. The minimum Gasteiger partial charge on any atom is -0.273 e. The smallest absolute Gasteiger partial charge is 0.269 e. The van der Waals surface area contributed by atoms with Gasteiger partial charge in [-0.15, -0.1) is 0 Å². The molecule has 2 amide bonds. The number of nitrogens with one attached hydrogen (secondary N) is 2. The Morgan fingerprint density at radius 1 is 1.06 bits per heavy atom. The molecule has 5 heteroatoms. The molecule has 92 valence electrons. The molecule has 0 fully saturated rings. The maximum atomic E-state index is 11.6. The van der Waals surface area contributed by atoms with Crippen molar-refractivity contribution < 1.29 is 9.59 Å². The van der Waals surface area contributed by atoms with Crippen molar-refractivity contribution in [2.24, 2.45) is 0 Å². The fourth-order valence-corrected chi connectivity index (χ4v) is 2.08. The first-order valence-corrected chi connectivity index (χ1v) is 6.35. The average molecular weight is 260 g/mol. The molecule has 18 heavy (non-hydrogen) atoms. The highest BCUT2D eigenvalue weighted by Crippen LogP contribution is 2.06. The maximum Gasteiger partial charge on any atom is 0.269 e. The Labute approximate surface area is 109 Å². The molecule has 0 aliphatic carbocycles. The largest absolute Gasteiger partial charge is 0.273 e. The number of carbonyl (C=O) groups is 2. The molecule has 2 rings (SSSR count). The molecule has 0 aliphatic rings. The van der Waals surface area contributed by atoms with Crippen molar-refractivity contribution in [2.45, 2.75) is 6.42 Å². The summed E-state index contributed by atoms with van der Waals surface area (Å²) in [5, 5.41) is 3.81. The second kappa shape index (κ2) is 5.97. The van der Waals surface area contributed by atoms with Gasteiger partial charge in [0.05, 0.1) is 6.42 Å². The molecule has 0 bridgehead atoms. The number of rotatable bonds is 3. The molecule has 0 saturated carbocycles. The summed E-state index contributed by atoms with van der Waals surface area (Å²) in [6, 6.07) is 10.6. The third-order valence-corrected chi connectivity index (χ3v) is 3.03. The molecule has 1 heterocycles. The van der Waals surface area contributed by atoms with Crippen molar-refractivity contribution in [2.75, 3.05) is 0 Å². The number of amides is 2. The summed E-state index contributed by atoms with van der Waals surface area (Å²) in [6.45, 7) is 0. The summed E-state index contributed by atoms with van der Waals surface area (Å²) in [7, 11) is 0. The maximum absolute atomic E-state index is 11.6. The summed E-state index contributed by atoms with van der Waals surface area (Å²) in [5.74, 6) is -0.563. The van der Waals surface area contributed by atoms with Crippen molar-refractivity contribution in [3.63, 3.8) is 0 Å². The number of hydrogen-bond donors (Lipinski definition) is 2. The van der Waals surface area contributed by atoms with Crippen LogP contribution in [0.1, 0.15) is 15.9 Å². The topological polar surface area (TPSA) is 58.2 Å². The van der Waals surface area contributed by atoms with E-state index in [-0.39, 0.29) is 18.2 Å². The van der Waals surface area contributed by atoms with Gasteiger partial charge in [0.2, 0.25) is 5.91 Å². The van der Waals surface area contributed by atoms with E-state index < -0.39 is 0 Å². The first-order valence-electron chi connectivity index (χ1n) is 5.41. The molecule has 0 unspecified atom stereocenters. The van der Waals surface area contributed by atoms with Gasteiger partial charge in [0.1, 0.15) is 0 Å². The second-order valence-electron chi connectivity index (χ2n) is 3.68. The summed E-state index contributed by atoms with van der Waals surface area (Å²) in [6.07, 6.45) is 0.262. The molecule has 1 aromatic carbocycles. The molecule has 0 aliphatic heterocycles. The zero-order chi connectivity index (χ0) is 12.8. The average Bonchev–Trinajstić information content (AvgIpc) is 2.90. The Balaban J connectivity index is 1.81. The van der Waals surface area contributed by atoms with Crippen LogP contribution >= 0.6 is 11.3 Å². The van der Waals surface area contributed by atoms with Gasteiger partial charge in [-0.25, -0.2) is 0 Å².